The predicted octanol–water partition coefficient (Wildman–Crippen LogP) is 7.01. The van der Waals surface area contributed by atoms with Gasteiger partial charge in [-0.25, -0.2) is 9.79 Å². The second-order valence-corrected chi connectivity index (χ2v) is 11.9. The number of fused-ring (bicyclic) bond motifs is 1. The number of methoxy groups -OCH3 is 1. The van der Waals surface area contributed by atoms with Crippen molar-refractivity contribution in [2.45, 2.75) is 45.7 Å². The molecule has 1 saturated heterocycles. The highest BCUT2D eigenvalue weighted by atomic mass is 79.9. The first-order chi connectivity index (χ1) is 19.8. The number of amides is 1. The number of nitrogens with zero attached hydrogens (tertiary/aromatic N) is 3. The van der Waals surface area contributed by atoms with Crippen LogP contribution in [0.25, 0.3) is 17.0 Å². The Morgan fingerprint density at radius 1 is 1.20 bits per heavy atom. The Morgan fingerprint density at radius 2 is 1.98 bits per heavy atom. The largest absolute Gasteiger partial charge is 0.506 e. The van der Waals surface area contributed by atoms with Gasteiger partial charge in [-0.2, -0.15) is 0 Å². The molecule has 0 bridgehead atoms. The van der Waals surface area contributed by atoms with Crippen LogP contribution < -0.4 is 4.74 Å². The third-order valence-corrected chi connectivity index (χ3v) is 8.78. The summed E-state index contributed by atoms with van der Waals surface area (Å²) in [5, 5.41) is 12.5. The lowest BCUT2D eigenvalue weighted by Crippen LogP contribution is -2.43. The zero-order chi connectivity index (χ0) is 29.1. The van der Waals surface area contributed by atoms with Crippen molar-refractivity contribution in [3.63, 3.8) is 0 Å². The number of ether oxygens (including phenoxy) is 2. The van der Waals surface area contributed by atoms with E-state index in [1.54, 1.807) is 38.3 Å². The number of thioether (sulfide) groups is 1. The molecule has 10 heteroatoms. The zero-order valence-electron chi connectivity index (χ0n) is 23.2. The van der Waals surface area contributed by atoms with Crippen LogP contribution in [0.1, 0.15) is 38.7 Å². The second kappa shape index (κ2) is 12.6. The zero-order valence-corrected chi connectivity index (χ0v) is 25.6. The summed E-state index contributed by atoms with van der Waals surface area (Å²) in [6.07, 6.45) is 6.95. The minimum atomic E-state index is -0.639. The summed E-state index contributed by atoms with van der Waals surface area (Å²) in [5.74, 6) is -0.0458. The number of hydrogen-bond donors (Lipinski definition) is 1. The number of hydrogen-bond acceptors (Lipinski definition) is 7. The molecule has 41 heavy (non-hydrogen) atoms. The molecule has 1 fully saturated rings. The third kappa shape index (κ3) is 6.23. The van der Waals surface area contributed by atoms with Crippen LogP contribution in [0.3, 0.4) is 0 Å². The van der Waals surface area contributed by atoms with Gasteiger partial charge in [0.25, 0.3) is 0 Å². The van der Waals surface area contributed by atoms with Crippen molar-refractivity contribution in [1.29, 1.82) is 0 Å². The molecule has 2 aliphatic heterocycles. The topological polar surface area (TPSA) is 93.4 Å². The Morgan fingerprint density at radius 3 is 2.68 bits per heavy atom. The number of benzene rings is 2. The van der Waals surface area contributed by atoms with Crippen LogP contribution in [-0.2, 0) is 20.9 Å². The average Bonchev–Trinajstić information content (AvgIpc) is 3.45. The van der Waals surface area contributed by atoms with E-state index in [4.69, 9.17) is 9.47 Å². The van der Waals surface area contributed by atoms with Crippen LogP contribution in [0, 0.1) is 0 Å². The monoisotopic (exact) mass is 637 g/mol. The van der Waals surface area contributed by atoms with Crippen molar-refractivity contribution in [1.82, 2.24) is 9.47 Å². The maximum Gasteiger partial charge on any atom is 0.344 e. The normalized spacial score (nSPS) is 19.4. The van der Waals surface area contributed by atoms with Crippen LogP contribution in [0.15, 0.2) is 74.4 Å². The number of esters is 1. The number of aliphatic hydroxyl groups is 1. The van der Waals surface area contributed by atoms with Gasteiger partial charge >= 0.3 is 5.97 Å². The van der Waals surface area contributed by atoms with Gasteiger partial charge in [-0.3, -0.25) is 4.79 Å². The molecule has 5 rings (SSSR count). The van der Waals surface area contributed by atoms with E-state index in [-0.39, 0.29) is 36.4 Å². The van der Waals surface area contributed by atoms with E-state index in [1.807, 2.05) is 39.9 Å². The van der Waals surface area contributed by atoms with Crippen LogP contribution >= 0.6 is 27.7 Å². The molecule has 1 atom stereocenters. The molecule has 0 spiro atoms. The predicted molar refractivity (Wildman–Crippen MR) is 167 cm³/mol. The highest BCUT2D eigenvalue weighted by molar-refractivity contribution is 9.10. The van der Waals surface area contributed by atoms with E-state index in [1.165, 1.54) is 11.8 Å². The number of carbonyl (C=O) groups is 2. The van der Waals surface area contributed by atoms with E-state index in [2.05, 4.69) is 27.8 Å². The number of likely N-dealkylation sites (tertiary alicyclic amines) is 1. The molecular weight excluding hydrogens is 606 g/mol. The van der Waals surface area contributed by atoms with E-state index >= 15 is 0 Å². The molecule has 214 valence electrons. The van der Waals surface area contributed by atoms with E-state index in [0.717, 1.165) is 46.7 Å². The van der Waals surface area contributed by atoms with E-state index in [0.29, 0.717) is 21.4 Å². The summed E-state index contributed by atoms with van der Waals surface area (Å²) in [6, 6.07) is 13.3. The number of aromatic nitrogens is 1. The van der Waals surface area contributed by atoms with Crippen molar-refractivity contribution < 1.29 is 24.2 Å². The maximum absolute atomic E-state index is 13.3. The first kappa shape index (κ1) is 29.0. The fourth-order valence-electron chi connectivity index (χ4n) is 5.15. The SMILES string of the molecule is CCOC(=O)C1=C(O)/C(=C/c2cn(CC(=O)N3CCCC[C@@H]3C)c3ccc(Br)cc23)SC1=Nc1ccc(OC)cc1. The lowest BCUT2D eigenvalue weighted by Gasteiger charge is -2.33. The molecule has 1 aromatic heterocycles. The fraction of sp³-hybridized carbons (Fsp3) is 0.323. The third-order valence-electron chi connectivity index (χ3n) is 7.26. The van der Waals surface area contributed by atoms with Crippen LogP contribution in [0.2, 0.25) is 0 Å². The first-order valence-electron chi connectivity index (χ1n) is 13.6. The molecule has 2 aromatic carbocycles. The number of aliphatic hydroxyl groups excluding tert-OH is 1. The minimum absolute atomic E-state index is 0.0260. The standard InChI is InChI=1S/C31H32BrN3O5S/c1-4-40-31(38)28-29(37)26(41-30(28)33-22-9-11-23(39-3)12-10-22)15-20-17-34(25-13-8-21(32)16-24(20)25)18-27(36)35-14-6-5-7-19(35)2/h8-13,15-17,19,37H,4-7,14,18H2,1-3H3/b26-15-,33-30?/t19-/m0/s1. The van der Waals surface area contributed by atoms with Crippen molar-refractivity contribution in [3.8, 4) is 5.75 Å². The number of carbonyl (C=O) groups excluding carboxylic acids is 2. The Labute approximate surface area is 251 Å². The Balaban J connectivity index is 1.53. The maximum atomic E-state index is 13.3. The lowest BCUT2D eigenvalue weighted by molar-refractivity contribution is -0.138. The van der Waals surface area contributed by atoms with Gasteiger partial charge in [0.15, 0.2) is 0 Å². The van der Waals surface area contributed by atoms with Gasteiger partial charge in [0.2, 0.25) is 5.91 Å². The highest BCUT2D eigenvalue weighted by Crippen LogP contribution is 2.41. The van der Waals surface area contributed by atoms with Gasteiger partial charge in [-0.1, -0.05) is 27.7 Å². The van der Waals surface area contributed by atoms with Gasteiger partial charge in [0.1, 0.15) is 28.7 Å². The number of piperidine rings is 1. The average molecular weight is 639 g/mol. The van der Waals surface area contributed by atoms with Crippen LogP contribution in [0.5, 0.6) is 5.75 Å². The summed E-state index contributed by atoms with van der Waals surface area (Å²) in [4.78, 5) is 33.2. The van der Waals surface area contributed by atoms with Crippen LogP contribution in [0.4, 0.5) is 5.69 Å². The summed E-state index contributed by atoms with van der Waals surface area (Å²) in [5.41, 5.74) is 2.35. The second-order valence-electron chi connectivity index (χ2n) is 9.98. The Bertz CT molecular complexity index is 1570. The smallest absolute Gasteiger partial charge is 0.344 e. The number of halogens is 1. The van der Waals surface area contributed by atoms with Gasteiger partial charge in [0.05, 0.1) is 24.3 Å². The summed E-state index contributed by atoms with van der Waals surface area (Å²) in [6.45, 7) is 4.99. The molecule has 2 aliphatic rings. The molecule has 1 amide bonds. The van der Waals surface area contributed by atoms with Crippen molar-refractivity contribution in [3.05, 3.63) is 74.9 Å². The fourth-order valence-corrected chi connectivity index (χ4v) is 6.54. The van der Waals surface area contributed by atoms with Crippen LogP contribution in [-0.4, -0.2) is 57.8 Å². The minimum Gasteiger partial charge on any atom is -0.506 e. The van der Waals surface area contributed by atoms with Crippen molar-refractivity contribution in [2.75, 3.05) is 20.3 Å². The summed E-state index contributed by atoms with van der Waals surface area (Å²) < 4.78 is 13.3. The molecule has 3 heterocycles. The molecule has 8 nitrogen and oxygen atoms in total. The lowest BCUT2D eigenvalue weighted by atomic mass is 10.0. The highest BCUT2D eigenvalue weighted by Gasteiger charge is 2.33. The van der Waals surface area contributed by atoms with Crippen molar-refractivity contribution >= 4 is 67.3 Å². The van der Waals surface area contributed by atoms with E-state index in [9.17, 15) is 14.7 Å². The summed E-state index contributed by atoms with van der Waals surface area (Å²) >= 11 is 4.76. The van der Waals surface area contributed by atoms with Crippen molar-refractivity contribution in [2.24, 2.45) is 4.99 Å². The molecule has 0 aliphatic carbocycles. The summed E-state index contributed by atoms with van der Waals surface area (Å²) in [7, 11) is 1.59. The van der Waals surface area contributed by atoms with Gasteiger partial charge in [-0.15, -0.1) is 0 Å². The molecule has 0 radical (unpaired) electrons. The number of aliphatic imine (C=N–C) groups is 1. The van der Waals surface area contributed by atoms with Gasteiger partial charge in [0, 0.05) is 39.7 Å². The molecule has 3 aromatic rings. The molecule has 0 saturated carbocycles. The first-order valence-corrected chi connectivity index (χ1v) is 15.2. The quantitative estimate of drug-likeness (QED) is 0.280. The molecular formula is C31H32BrN3O5S. The Hall–Kier alpha value is -3.50. The molecule has 1 N–H and O–H groups in total. The van der Waals surface area contributed by atoms with Gasteiger partial charge in [-0.05, 0) is 81.7 Å². The molecule has 0 unspecified atom stereocenters. The van der Waals surface area contributed by atoms with E-state index < -0.39 is 5.97 Å². The Kier molecular flexibility index (Phi) is 8.89. The number of rotatable bonds is 7. The van der Waals surface area contributed by atoms with Gasteiger partial charge < -0.3 is 24.0 Å².